The Hall–Kier alpha value is -2.58. The maximum atomic E-state index is 13.1. The summed E-state index contributed by atoms with van der Waals surface area (Å²) in [5, 5.41) is 0.720. The van der Waals surface area contributed by atoms with E-state index in [2.05, 4.69) is 22.0 Å². The monoisotopic (exact) mass is 452 g/mol. The van der Waals surface area contributed by atoms with E-state index in [0.717, 1.165) is 50.2 Å². The van der Waals surface area contributed by atoms with Crippen LogP contribution in [-0.4, -0.2) is 40.0 Å². The molecule has 1 atom stereocenters. The van der Waals surface area contributed by atoms with Crippen molar-refractivity contribution in [1.29, 1.82) is 0 Å². The van der Waals surface area contributed by atoms with Gasteiger partial charge >= 0.3 is 0 Å². The lowest BCUT2D eigenvalue weighted by Crippen LogP contribution is -2.42. The molecule has 0 radical (unpaired) electrons. The van der Waals surface area contributed by atoms with E-state index in [1.54, 1.807) is 18.7 Å². The van der Waals surface area contributed by atoms with Crippen LogP contribution in [0.4, 0.5) is 5.13 Å². The maximum absolute atomic E-state index is 13.1. The standard InChI is InChI=1S/C24H28N4O3S/c1-27-21(30)19-20(26-22(27)24(31-2)13-7-14-24)32-23(25-19)28-15-6-10-17(28)18(29)12-11-16-8-4-3-5-9-16/h3-5,8-9,17H,6-7,10-15H2,1-2H3/t17-/m1/s1. The molecule has 2 fully saturated rings. The molecule has 8 heteroatoms. The van der Waals surface area contributed by atoms with E-state index in [-0.39, 0.29) is 17.4 Å². The lowest BCUT2D eigenvalue weighted by atomic mass is 9.79. The second-order valence-electron chi connectivity index (χ2n) is 8.81. The summed E-state index contributed by atoms with van der Waals surface area (Å²) in [5.41, 5.74) is 0.926. The van der Waals surface area contributed by atoms with Gasteiger partial charge in [-0.05, 0) is 44.1 Å². The Labute approximate surface area is 191 Å². The number of hydrogen-bond acceptors (Lipinski definition) is 7. The highest BCUT2D eigenvalue weighted by atomic mass is 32.1. The van der Waals surface area contributed by atoms with Crippen molar-refractivity contribution in [3.05, 3.63) is 52.1 Å². The molecular weight excluding hydrogens is 424 g/mol. The summed E-state index contributed by atoms with van der Waals surface area (Å²) in [7, 11) is 3.43. The quantitative estimate of drug-likeness (QED) is 0.545. The Balaban J connectivity index is 1.42. The first kappa shape index (κ1) is 21.3. The molecule has 1 saturated heterocycles. The second kappa shape index (κ2) is 8.41. The first-order valence-corrected chi connectivity index (χ1v) is 12.1. The molecule has 2 aliphatic rings. The van der Waals surface area contributed by atoms with E-state index in [1.807, 2.05) is 18.2 Å². The normalized spacial score (nSPS) is 19.9. The second-order valence-corrected chi connectivity index (χ2v) is 9.76. The summed E-state index contributed by atoms with van der Waals surface area (Å²) >= 11 is 1.41. The van der Waals surface area contributed by atoms with Crippen LogP contribution >= 0.6 is 11.3 Å². The SMILES string of the molecule is COC1(c2nc3sc(N4CCC[C@@H]4C(=O)CCc4ccccc4)nc3c(=O)n2C)CCC1. The van der Waals surface area contributed by atoms with Crippen LogP contribution in [0.3, 0.4) is 0 Å². The zero-order valence-corrected chi connectivity index (χ0v) is 19.4. The summed E-state index contributed by atoms with van der Waals surface area (Å²) in [4.78, 5) is 38.3. The van der Waals surface area contributed by atoms with E-state index in [4.69, 9.17) is 9.72 Å². The van der Waals surface area contributed by atoms with Crippen LogP contribution in [0, 0.1) is 0 Å². The van der Waals surface area contributed by atoms with Gasteiger partial charge in [0.2, 0.25) is 0 Å². The average molecular weight is 453 g/mol. The van der Waals surface area contributed by atoms with Gasteiger partial charge in [0, 0.05) is 27.1 Å². The number of hydrogen-bond donors (Lipinski definition) is 0. The fraction of sp³-hybridized carbons (Fsp3) is 0.500. The number of carbonyl (C=O) groups excluding carboxylic acids is 1. The Morgan fingerprint density at radius 3 is 2.69 bits per heavy atom. The number of benzene rings is 1. The number of methoxy groups -OCH3 is 1. The molecule has 32 heavy (non-hydrogen) atoms. The molecule has 1 saturated carbocycles. The molecule has 5 rings (SSSR count). The molecule has 0 unspecified atom stereocenters. The van der Waals surface area contributed by atoms with Gasteiger partial charge in [-0.1, -0.05) is 41.7 Å². The van der Waals surface area contributed by atoms with Gasteiger partial charge in [-0.25, -0.2) is 9.97 Å². The number of carbonyl (C=O) groups is 1. The lowest BCUT2D eigenvalue weighted by molar-refractivity contribution is -0.120. The highest BCUT2D eigenvalue weighted by Crippen LogP contribution is 2.43. The molecule has 2 aromatic heterocycles. The first-order chi connectivity index (χ1) is 15.5. The highest BCUT2D eigenvalue weighted by Gasteiger charge is 2.43. The van der Waals surface area contributed by atoms with Crippen LogP contribution in [0.5, 0.6) is 0 Å². The minimum Gasteiger partial charge on any atom is -0.370 e. The van der Waals surface area contributed by atoms with Crippen molar-refractivity contribution in [2.45, 2.75) is 56.6 Å². The molecule has 1 aliphatic carbocycles. The van der Waals surface area contributed by atoms with Crippen LogP contribution in [0.1, 0.15) is 49.9 Å². The van der Waals surface area contributed by atoms with Crippen LogP contribution in [0.15, 0.2) is 35.1 Å². The van der Waals surface area contributed by atoms with Crippen molar-refractivity contribution >= 4 is 32.6 Å². The molecule has 1 aliphatic heterocycles. The average Bonchev–Trinajstić information content (AvgIpc) is 3.43. The number of aryl methyl sites for hydroxylation is 1. The lowest BCUT2D eigenvalue weighted by Gasteiger charge is -2.40. The molecular formula is C24H28N4O3S. The number of rotatable bonds is 7. The van der Waals surface area contributed by atoms with E-state index in [1.165, 1.54) is 16.9 Å². The van der Waals surface area contributed by atoms with Gasteiger partial charge in [-0.3, -0.25) is 14.2 Å². The molecule has 1 aromatic carbocycles. The number of aromatic nitrogens is 3. The number of anilines is 1. The number of ether oxygens (including phenoxy) is 1. The fourth-order valence-electron chi connectivity index (χ4n) is 4.90. The predicted octanol–water partition coefficient (Wildman–Crippen LogP) is 3.59. The van der Waals surface area contributed by atoms with Gasteiger partial charge < -0.3 is 9.64 Å². The van der Waals surface area contributed by atoms with Crippen molar-refractivity contribution in [2.75, 3.05) is 18.6 Å². The van der Waals surface area contributed by atoms with Crippen LogP contribution in [0.2, 0.25) is 0 Å². The number of nitrogens with zero attached hydrogens (tertiary/aromatic N) is 4. The van der Waals surface area contributed by atoms with Gasteiger partial charge in [-0.15, -0.1) is 0 Å². The van der Waals surface area contributed by atoms with E-state index in [9.17, 15) is 9.59 Å². The minimum absolute atomic E-state index is 0.151. The third kappa shape index (κ3) is 3.55. The predicted molar refractivity (Wildman–Crippen MR) is 125 cm³/mol. The summed E-state index contributed by atoms with van der Waals surface area (Å²) in [6, 6.07) is 9.92. The Bertz CT molecular complexity index is 1190. The highest BCUT2D eigenvalue weighted by molar-refractivity contribution is 7.21. The number of fused-ring (bicyclic) bond motifs is 1. The topological polar surface area (TPSA) is 77.3 Å². The summed E-state index contributed by atoms with van der Waals surface area (Å²) in [6.45, 7) is 0.775. The zero-order valence-electron chi connectivity index (χ0n) is 18.5. The van der Waals surface area contributed by atoms with Crippen molar-refractivity contribution in [3.63, 3.8) is 0 Å². The smallest absolute Gasteiger partial charge is 0.280 e. The van der Waals surface area contributed by atoms with Crippen LogP contribution in [0.25, 0.3) is 10.3 Å². The third-order valence-electron chi connectivity index (χ3n) is 6.96. The molecule has 0 spiro atoms. The van der Waals surface area contributed by atoms with Crippen molar-refractivity contribution < 1.29 is 9.53 Å². The van der Waals surface area contributed by atoms with Crippen LogP contribution < -0.4 is 10.5 Å². The minimum atomic E-state index is -0.476. The maximum Gasteiger partial charge on any atom is 0.280 e. The van der Waals surface area contributed by atoms with Crippen molar-refractivity contribution in [3.8, 4) is 0 Å². The molecule has 7 nitrogen and oxygen atoms in total. The van der Waals surface area contributed by atoms with Gasteiger partial charge in [0.05, 0.1) is 6.04 Å². The van der Waals surface area contributed by atoms with Crippen LogP contribution in [-0.2, 0) is 28.6 Å². The van der Waals surface area contributed by atoms with Gasteiger partial charge in [0.1, 0.15) is 11.4 Å². The third-order valence-corrected chi connectivity index (χ3v) is 7.95. The molecule has 168 valence electrons. The van der Waals surface area contributed by atoms with Gasteiger partial charge in [-0.2, -0.15) is 0 Å². The molecule has 0 N–H and O–H groups in total. The Kier molecular flexibility index (Phi) is 5.59. The summed E-state index contributed by atoms with van der Waals surface area (Å²) in [5.74, 6) is 0.913. The van der Waals surface area contributed by atoms with E-state index in [0.29, 0.717) is 22.6 Å². The number of ketones is 1. The largest absolute Gasteiger partial charge is 0.370 e. The summed E-state index contributed by atoms with van der Waals surface area (Å²) in [6.07, 6.45) is 5.82. The first-order valence-electron chi connectivity index (χ1n) is 11.3. The van der Waals surface area contributed by atoms with Crippen molar-refractivity contribution in [2.24, 2.45) is 7.05 Å². The number of thiazole rings is 1. The summed E-state index contributed by atoms with van der Waals surface area (Å²) < 4.78 is 7.35. The van der Waals surface area contributed by atoms with Crippen molar-refractivity contribution in [1.82, 2.24) is 14.5 Å². The molecule has 3 heterocycles. The molecule has 0 bridgehead atoms. The van der Waals surface area contributed by atoms with E-state index < -0.39 is 5.60 Å². The fourth-order valence-corrected chi connectivity index (χ4v) is 5.91. The van der Waals surface area contributed by atoms with Gasteiger partial charge in [0.15, 0.2) is 21.3 Å². The molecule has 3 aromatic rings. The Morgan fingerprint density at radius 1 is 1.22 bits per heavy atom. The van der Waals surface area contributed by atoms with Gasteiger partial charge in [0.25, 0.3) is 5.56 Å². The Morgan fingerprint density at radius 2 is 2.00 bits per heavy atom. The molecule has 0 amide bonds. The number of Topliss-reactive ketones (excluding diaryl/α,β-unsaturated/α-hetero) is 1. The zero-order chi connectivity index (χ0) is 22.3. The van der Waals surface area contributed by atoms with E-state index >= 15 is 0 Å².